The molecule has 0 spiro atoms. The van der Waals surface area contributed by atoms with E-state index >= 15 is 0 Å². The molecular weight excluding hydrogens is 203 g/mol. The van der Waals surface area contributed by atoms with Gasteiger partial charge in [-0.1, -0.05) is 18.3 Å². The van der Waals surface area contributed by atoms with E-state index in [1.54, 1.807) is 12.1 Å². The zero-order valence-corrected chi connectivity index (χ0v) is 9.17. The van der Waals surface area contributed by atoms with Gasteiger partial charge < -0.3 is 5.11 Å². The molecule has 0 saturated heterocycles. The van der Waals surface area contributed by atoms with Gasteiger partial charge in [0.15, 0.2) is 0 Å². The fourth-order valence-corrected chi connectivity index (χ4v) is 1.98. The van der Waals surface area contributed by atoms with E-state index < -0.39 is 5.60 Å². The third-order valence-electron chi connectivity index (χ3n) is 2.96. The Kier molecular flexibility index (Phi) is 3.26. The second-order valence-corrected chi connectivity index (χ2v) is 4.35. The maximum absolute atomic E-state index is 12.7. The van der Waals surface area contributed by atoms with Gasteiger partial charge in [-0.05, 0) is 49.9 Å². The molecule has 0 atom stereocenters. The monoisotopic (exact) mass is 218 g/mol. The van der Waals surface area contributed by atoms with E-state index in [0.29, 0.717) is 0 Å². The Hall–Kier alpha value is -1.33. The number of hydrogen-bond acceptors (Lipinski definition) is 1. The van der Waals surface area contributed by atoms with Crippen LogP contribution in [0.5, 0.6) is 0 Å². The molecule has 0 bridgehead atoms. The maximum atomic E-state index is 12.7. The number of rotatable bonds is 0. The first-order valence-corrected chi connectivity index (χ1v) is 5.69. The molecule has 1 aromatic rings. The summed E-state index contributed by atoms with van der Waals surface area (Å²) in [6.07, 6.45) is 4.76. The normalized spacial score (nSPS) is 18.6. The Bertz CT molecular complexity index is 405. The second-order valence-electron chi connectivity index (χ2n) is 4.35. The van der Waals surface area contributed by atoms with Crippen molar-refractivity contribution in [3.63, 3.8) is 0 Å². The van der Waals surface area contributed by atoms with Crippen molar-refractivity contribution in [1.82, 2.24) is 0 Å². The van der Waals surface area contributed by atoms with Crippen LogP contribution in [-0.2, 0) is 0 Å². The highest BCUT2D eigenvalue weighted by Crippen LogP contribution is 2.27. The SMILES string of the molecule is OC1(C#Cc2ccc(F)cc2)CCCCC1. The molecule has 1 nitrogen and oxygen atoms in total. The molecule has 1 fully saturated rings. The summed E-state index contributed by atoms with van der Waals surface area (Å²) in [4.78, 5) is 0. The van der Waals surface area contributed by atoms with Crippen molar-refractivity contribution in [2.24, 2.45) is 0 Å². The number of aliphatic hydroxyl groups is 1. The van der Waals surface area contributed by atoms with Crippen molar-refractivity contribution in [2.45, 2.75) is 37.7 Å². The Morgan fingerprint density at radius 1 is 1.06 bits per heavy atom. The molecule has 84 valence electrons. The van der Waals surface area contributed by atoms with Crippen LogP contribution in [0, 0.1) is 17.7 Å². The Morgan fingerprint density at radius 3 is 2.31 bits per heavy atom. The van der Waals surface area contributed by atoms with Crippen molar-refractivity contribution in [2.75, 3.05) is 0 Å². The molecule has 0 amide bonds. The minimum Gasteiger partial charge on any atom is -0.378 e. The fourth-order valence-electron chi connectivity index (χ4n) is 1.98. The van der Waals surface area contributed by atoms with Crippen molar-refractivity contribution < 1.29 is 9.50 Å². The summed E-state index contributed by atoms with van der Waals surface area (Å²) in [5.41, 5.74) is -0.0764. The van der Waals surface area contributed by atoms with E-state index in [2.05, 4.69) is 11.8 Å². The molecule has 1 N–H and O–H groups in total. The van der Waals surface area contributed by atoms with Crippen molar-refractivity contribution >= 4 is 0 Å². The molecule has 2 heteroatoms. The average Bonchev–Trinajstić information content (AvgIpc) is 2.29. The first kappa shape index (κ1) is 11.2. The van der Waals surface area contributed by atoms with Crippen LogP contribution in [0.25, 0.3) is 0 Å². The highest BCUT2D eigenvalue weighted by molar-refractivity contribution is 5.36. The van der Waals surface area contributed by atoms with Crippen LogP contribution in [0.1, 0.15) is 37.7 Å². The van der Waals surface area contributed by atoms with E-state index in [0.717, 1.165) is 31.2 Å². The maximum Gasteiger partial charge on any atom is 0.125 e. The average molecular weight is 218 g/mol. The molecule has 1 aliphatic carbocycles. The van der Waals surface area contributed by atoms with Crippen LogP contribution in [0.15, 0.2) is 24.3 Å². The molecule has 16 heavy (non-hydrogen) atoms. The van der Waals surface area contributed by atoms with Crippen LogP contribution in [0.2, 0.25) is 0 Å². The Morgan fingerprint density at radius 2 is 1.69 bits per heavy atom. The van der Waals surface area contributed by atoms with Gasteiger partial charge in [0.05, 0.1) is 0 Å². The van der Waals surface area contributed by atoms with Crippen LogP contribution in [0.3, 0.4) is 0 Å². The lowest BCUT2D eigenvalue weighted by atomic mass is 9.85. The van der Waals surface area contributed by atoms with E-state index in [9.17, 15) is 9.50 Å². The third-order valence-corrected chi connectivity index (χ3v) is 2.96. The van der Waals surface area contributed by atoms with Crippen molar-refractivity contribution in [1.29, 1.82) is 0 Å². The topological polar surface area (TPSA) is 20.2 Å². The molecule has 1 aromatic carbocycles. The van der Waals surface area contributed by atoms with Crippen LogP contribution < -0.4 is 0 Å². The van der Waals surface area contributed by atoms with Gasteiger partial charge in [-0.3, -0.25) is 0 Å². The standard InChI is InChI=1S/C14H15FO/c15-13-6-4-12(5-7-13)8-11-14(16)9-2-1-3-10-14/h4-7,16H,1-3,9-10H2. The predicted molar refractivity (Wildman–Crippen MR) is 61.3 cm³/mol. The van der Waals surface area contributed by atoms with E-state index in [-0.39, 0.29) is 5.82 Å². The third kappa shape index (κ3) is 2.84. The number of halogens is 1. The second kappa shape index (κ2) is 4.67. The molecule has 0 heterocycles. The first-order valence-electron chi connectivity index (χ1n) is 5.69. The molecule has 0 unspecified atom stereocenters. The molecule has 1 aliphatic rings. The lowest BCUT2D eigenvalue weighted by Crippen LogP contribution is -2.29. The van der Waals surface area contributed by atoms with Crippen molar-refractivity contribution in [3.05, 3.63) is 35.6 Å². The zero-order chi connectivity index (χ0) is 11.4. The lowest BCUT2D eigenvalue weighted by molar-refractivity contribution is 0.0610. The summed E-state index contributed by atoms with van der Waals surface area (Å²) in [6, 6.07) is 6.03. The van der Waals surface area contributed by atoms with E-state index in [1.807, 2.05) is 0 Å². The van der Waals surface area contributed by atoms with Gasteiger partial charge in [0.1, 0.15) is 11.4 Å². The molecular formula is C14H15FO. The van der Waals surface area contributed by atoms with Crippen LogP contribution in [-0.4, -0.2) is 10.7 Å². The summed E-state index contributed by atoms with van der Waals surface area (Å²) in [5.74, 6) is 5.57. The van der Waals surface area contributed by atoms with Gasteiger partial charge in [0.25, 0.3) is 0 Å². The van der Waals surface area contributed by atoms with Gasteiger partial charge in [-0.2, -0.15) is 0 Å². The molecule has 0 radical (unpaired) electrons. The van der Waals surface area contributed by atoms with E-state index in [1.165, 1.54) is 18.6 Å². The Balaban J connectivity index is 2.11. The lowest BCUT2D eigenvalue weighted by Gasteiger charge is -2.26. The van der Waals surface area contributed by atoms with E-state index in [4.69, 9.17) is 0 Å². The van der Waals surface area contributed by atoms with Gasteiger partial charge in [0.2, 0.25) is 0 Å². The smallest absolute Gasteiger partial charge is 0.125 e. The molecule has 0 aromatic heterocycles. The quantitative estimate of drug-likeness (QED) is 0.664. The summed E-state index contributed by atoms with van der Waals surface area (Å²) in [6.45, 7) is 0. The minimum absolute atomic E-state index is 0.262. The highest BCUT2D eigenvalue weighted by atomic mass is 19.1. The number of benzene rings is 1. The number of hydrogen-bond donors (Lipinski definition) is 1. The summed E-state index contributed by atoms with van der Waals surface area (Å²) in [7, 11) is 0. The van der Waals surface area contributed by atoms with Gasteiger partial charge in [0, 0.05) is 5.56 Å². The van der Waals surface area contributed by atoms with Crippen LogP contribution in [0.4, 0.5) is 4.39 Å². The summed E-state index contributed by atoms with van der Waals surface area (Å²) >= 11 is 0. The first-order chi connectivity index (χ1) is 7.68. The van der Waals surface area contributed by atoms with Crippen molar-refractivity contribution in [3.8, 4) is 11.8 Å². The zero-order valence-electron chi connectivity index (χ0n) is 9.17. The molecule has 1 saturated carbocycles. The molecule has 2 rings (SSSR count). The summed E-state index contributed by atoms with van der Waals surface area (Å²) in [5, 5.41) is 10.1. The van der Waals surface area contributed by atoms with Crippen LogP contribution >= 0.6 is 0 Å². The molecule has 0 aliphatic heterocycles. The largest absolute Gasteiger partial charge is 0.378 e. The van der Waals surface area contributed by atoms with Gasteiger partial charge >= 0.3 is 0 Å². The Labute approximate surface area is 95.3 Å². The van der Waals surface area contributed by atoms with Gasteiger partial charge in [-0.25, -0.2) is 4.39 Å². The predicted octanol–water partition coefficient (Wildman–Crippen LogP) is 2.87. The fraction of sp³-hybridized carbons (Fsp3) is 0.429. The van der Waals surface area contributed by atoms with Gasteiger partial charge in [-0.15, -0.1) is 0 Å². The summed E-state index contributed by atoms with van der Waals surface area (Å²) < 4.78 is 12.7. The highest BCUT2D eigenvalue weighted by Gasteiger charge is 2.26. The minimum atomic E-state index is -0.827.